The van der Waals surface area contributed by atoms with Gasteiger partial charge in [-0.1, -0.05) is 36.4 Å². The smallest absolute Gasteiger partial charge is 0.127 e. The van der Waals surface area contributed by atoms with E-state index in [-0.39, 0.29) is 6.04 Å². The monoisotopic (exact) mass is 281 g/mol. The van der Waals surface area contributed by atoms with Crippen molar-refractivity contribution in [2.75, 3.05) is 13.2 Å². The second-order valence-electron chi connectivity index (χ2n) is 5.02. The van der Waals surface area contributed by atoms with Gasteiger partial charge in [-0.05, 0) is 30.5 Å². The van der Waals surface area contributed by atoms with Gasteiger partial charge in [0.1, 0.15) is 18.1 Å². The molecule has 0 radical (unpaired) electrons. The van der Waals surface area contributed by atoms with Crippen LogP contribution in [-0.4, -0.2) is 13.2 Å². The first-order valence-corrected chi connectivity index (χ1v) is 7.22. The summed E-state index contributed by atoms with van der Waals surface area (Å²) in [6.07, 6.45) is 1.69. The fraction of sp³-hybridized carbons (Fsp3) is 0.222. The van der Waals surface area contributed by atoms with Gasteiger partial charge < -0.3 is 14.5 Å². The Kier molecular flexibility index (Phi) is 4.22. The highest BCUT2D eigenvalue weighted by molar-refractivity contribution is 5.88. The van der Waals surface area contributed by atoms with E-state index >= 15 is 0 Å². The Morgan fingerprint density at radius 3 is 2.76 bits per heavy atom. The molecule has 1 unspecified atom stereocenters. The van der Waals surface area contributed by atoms with E-state index in [1.807, 2.05) is 36.4 Å². The van der Waals surface area contributed by atoms with Crippen molar-refractivity contribution in [3.63, 3.8) is 0 Å². The topological polar surface area (TPSA) is 34.4 Å². The summed E-state index contributed by atoms with van der Waals surface area (Å²) in [5, 5.41) is 5.74. The Labute approximate surface area is 124 Å². The molecule has 3 heteroatoms. The third kappa shape index (κ3) is 3.26. The number of ether oxygens (including phenoxy) is 1. The van der Waals surface area contributed by atoms with E-state index in [1.54, 1.807) is 6.26 Å². The molecule has 3 aromatic rings. The quantitative estimate of drug-likeness (QED) is 0.689. The minimum atomic E-state index is 0.191. The van der Waals surface area contributed by atoms with Crippen LogP contribution in [0.5, 0.6) is 5.75 Å². The molecule has 2 aromatic carbocycles. The summed E-state index contributed by atoms with van der Waals surface area (Å²) in [6, 6.07) is 18.5. The van der Waals surface area contributed by atoms with Crippen LogP contribution in [0, 0.1) is 0 Å². The first kappa shape index (κ1) is 13.7. The minimum Gasteiger partial charge on any atom is -0.492 e. The largest absolute Gasteiger partial charge is 0.492 e. The fourth-order valence-electron chi connectivity index (χ4n) is 2.40. The molecule has 3 rings (SSSR count). The lowest BCUT2D eigenvalue weighted by molar-refractivity contribution is 0.305. The number of fused-ring (bicyclic) bond motifs is 1. The first-order chi connectivity index (χ1) is 10.3. The molecular formula is C18H19NO2. The van der Waals surface area contributed by atoms with Crippen molar-refractivity contribution in [3.05, 3.63) is 66.6 Å². The molecule has 1 heterocycles. The van der Waals surface area contributed by atoms with Crippen LogP contribution in [-0.2, 0) is 0 Å². The number of hydrogen-bond acceptors (Lipinski definition) is 3. The van der Waals surface area contributed by atoms with E-state index in [4.69, 9.17) is 9.15 Å². The summed E-state index contributed by atoms with van der Waals surface area (Å²) in [5.41, 5.74) is 0. The molecule has 1 N–H and O–H groups in total. The van der Waals surface area contributed by atoms with Gasteiger partial charge >= 0.3 is 0 Å². The van der Waals surface area contributed by atoms with E-state index in [2.05, 4.69) is 30.4 Å². The number of benzene rings is 2. The third-order valence-electron chi connectivity index (χ3n) is 3.53. The molecule has 0 spiro atoms. The molecule has 0 saturated carbocycles. The van der Waals surface area contributed by atoms with Crippen molar-refractivity contribution < 1.29 is 9.15 Å². The molecular weight excluding hydrogens is 262 g/mol. The summed E-state index contributed by atoms with van der Waals surface area (Å²) < 4.78 is 11.3. The molecule has 0 amide bonds. The van der Waals surface area contributed by atoms with Crippen molar-refractivity contribution >= 4 is 10.8 Å². The van der Waals surface area contributed by atoms with Gasteiger partial charge in [0.2, 0.25) is 0 Å². The Balaban J connectivity index is 1.55. The van der Waals surface area contributed by atoms with Crippen LogP contribution in [0.25, 0.3) is 10.8 Å². The summed E-state index contributed by atoms with van der Waals surface area (Å²) in [7, 11) is 0. The first-order valence-electron chi connectivity index (χ1n) is 7.22. The highest BCUT2D eigenvalue weighted by atomic mass is 16.5. The van der Waals surface area contributed by atoms with Crippen LogP contribution in [0.2, 0.25) is 0 Å². The Morgan fingerprint density at radius 1 is 1.05 bits per heavy atom. The Bertz CT molecular complexity index is 686. The summed E-state index contributed by atoms with van der Waals surface area (Å²) in [6.45, 7) is 3.47. The molecule has 0 aliphatic carbocycles. The van der Waals surface area contributed by atoms with Crippen molar-refractivity contribution in [1.29, 1.82) is 0 Å². The normalized spacial score (nSPS) is 12.4. The second kappa shape index (κ2) is 6.46. The number of rotatable bonds is 6. The molecule has 21 heavy (non-hydrogen) atoms. The van der Waals surface area contributed by atoms with Crippen LogP contribution in [0.1, 0.15) is 18.7 Å². The molecule has 108 valence electrons. The maximum Gasteiger partial charge on any atom is 0.127 e. The molecule has 1 atom stereocenters. The zero-order chi connectivity index (χ0) is 14.5. The van der Waals surface area contributed by atoms with Gasteiger partial charge in [0.15, 0.2) is 0 Å². The van der Waals surface area contributed by atoms with E-state index in [1.165, 1.54) is 5.39 Å². The zero-order valence-corrected chi connectivity index (χ0v) is 12.1. The Morgan fingerprint density at radius 2 is 1.90 bits per heavy atom. The molecule has 3 nitrogen and oxygen atoms in total. The maximum absolute atomic E-state index is 5.89. The van der Waals surface area contributed by atoms with Crippen molar-refractivity contribution in [3.8, 4) is 5.75 Å². The van der Waals surface area contributed by atoms with Gasteiger partial charge in [-0.25, -0.2) is 0 Å². The van der Waals surface area contributed by atoms with Gasteiger partial charge in [-0.2, -0.15) is 0 Å². The van der Waals surface area contributed by atoms with Crippen LogP contribution in [0.15, 0.2) is 65.3 Å². The lowest BCUT2D eigenvalue weighted by Crippen LogP contribution is -2.24. The summed E-state index contributed by atoms with van der Waals surface area (Å²) >= 11 is 0. The van der Waals surface area contributed by atoms with E-state index in [0.717, 1.165) is 23.4 Å². The van der Waals surface area contributed by atoms with E-state index in [0.29, 0.717) is 6.61 Å². The average molecular weight is 281 g/mol. The average Bonchev–Trinajstić information content (AvgIpc) is 3.06. The summed E-state index contributed by atoms with van der Waals surface area (Å²) in [4.78, 5) is 0. The van der Waals surface area contributed by atoms with E-state index < -0.39 is 0 Å². The standard InChI is InChI=1S/C18H19NO2/c1-14(17-10-5-12-20-17)19-11-13-21-18-9-4-7-15-6-2-3-8-16(15)18/h2-10,12,14,19H,11,13H2,1H3. The van der Waals surface area contributed by atoms with Crippen molar-refractivity contribution in [2.24, 2.45) is 0 Å². The third-order valence-corrected chi connectivity index (χ3v) is 3.53. The highest BCUT2D eigenvalue weighted by Crippen LogP contribution is 2.24. The number of nitrogens with one attached hydrogen (secondary N) is 1. The van der Waals surface area contributed by atoms with Gasteiger partial charge in [-0.3, -0.25) is 0 Å². The number of furan rings is 1. The van der Waals surface area contributed by atoms with Gasteiger partial charge in [0.25, 0.3) is 0 Å². The van der Waals surface area contributed by atoms with Gasteiger partial charge in [0, 0.05) is 11.9 Å². The van der Waals surface area contributed by atoms with Crippen molar-refractivity contribution in [1.82, 2.24) is 5.32 Å². The van der Waals surface area contributed by atoms with Crippen LogP contribution >= 0.6 is 0 Å². The molecule has 0 fully saturated rings. The Hall–Kier alpha value is -2.26. The number of hydrogen-bond donors (Lipinski definition) is 1. The minimum absolute atomic E-state index is 0.191. The van der Waals surface area contributed by atoms with Gasteiger partial charge in [0.05, 0.1) is 12.3 Å². The molecule has 1 aromatic heterocycles. The molecule has 0 aliphatic rings. The highest BCUT2D eigenvalue weighted by Gasteiger charge is 2.07. The molecule has 0 bridgehead atoms. The lowest BCUT2D eigenvalue weighted by Gasteiger charge is -2.13. The second-order valence-corrected chi connectivity index (χ2v) is 5.02. The van der Waals surface area contributed by atoms with Crippen LogP contribution in [0.3, 0.4) is 0 Å². The van der Waals surface area contributed by atoms with Crippen LogP contribution < -0.4 is 10.1 Å². The predicted molar refractivity (Wildman–Crippen MR) is 84.6 cm³/mol. The van der Waals surface area contributed by atoms with E-state index in [9.17, 15) is 0 Å². The lowest BCUT2D eigenvalue weighted by atomic mass is 10.1. The molecule has 0 aliphatic heterocycles. The maximum atomic E-state index is 5.89. The molecule has 0 saturated heterocycles. The van der Waals surface area contributed by atoms with Gasteiger partial charge in [-0.15, -0.1) is 0 Å². The van der Waals surface area contributed by atoms with Crippen molar-refractivity contribution in [2.45, 2.75) is 13.0 Å². The predicted octanol–water partition coefficient (Wildman–Crippen LogP) is 4.16. The van der Waals surface area contributed by atoms with Crippen LogP contribution in [0.4, 0.5) is 0 Å². The zero-order valence-electron chi connectivity index (χ0n) is 12.1. The fourth-order valence-corrected chi connectivity index (χ4v) is 2.40. The SMILES string of the molecule is CC(NCCOc1cccc2ccccc12)c1ccco1. The summed E-state index contributed by atoms with van der Waals surface area (Å²) in [5.74, 6) is 1.88.